The summed E-state index contributed by atoms with van der Waals surface area (Å²) in [6.45, 7) is 5.04. The zero-order valence-corrected chi connectivity index (χ0v) is 18.8. The monoisotopic (exact) mass is 452 g/mol. The molecule has 3 rings (SSSR count). The van der Waals surface area contributed by atoms with Crippen LogP contribution in [0.4, 0.5) is 5.82 Å². The fourth-order valence-electron chi connectivity index (χ4n) is 3.38. The van der Waals surface area contributed by atoms with Crippen LogP contribution in [0.1, 0.15) is 37.8 Å². The van der Waals surface area contributed by atoms with E-state index in [1.807, 2.05) is 12.1 Å². The zero-order valence-electron chi connectivity index (χ0n) is 17.2. The van der Waals surface area contributed by atoms with E-state index in [4.69, 9.17) is 0 Å². The largest absolute Gasteiger partial charge is 0.366 e. The summed E-state index contributed by atoms with van der Waals surface area (Å²) >= 11 is 0. The summed E-state index contributed by atoms with van der Waals surface area (Å²) < 4.78 is 53.8. The number of hydrogen-bond donors (Lipinski definition) is 2. The number of aromatic nitrogens is 1. The van der Waals surface area contributed by atoms with Crippen LogP contribution in [0.15, 0.2) is 47.5 Å². The van der Waals surface area contributed by atoms with Crippen LogP contribution in [0.3, 0.4) is 0 Å². The molecular formula is C20H28N4O4S2. The van der Waals surface area contributed by atoms with E-state index in [2.05, 4.69) is 15.0 Å². The average Bonchev–Trinajstić information content (AvgIpc) is 3.22. The maximum Gasteiger partial charge on any atom is 0.244 e. The molecule has 0 aliphatic carbocycles. The standard InChI is InChI=1S/C20H28N4O4S2/c1-16(2)23-29(25,26)15-18-8-4-3-7-17(18)13-21-20-10-9-19(14-22-20)30(27,28)24-11-5-6-12-24/h3-4,7-10,14,16,23H,5-6,11-13,15H2,1-2H3,(H,21,22). The SMILES string of the molecule is CC(C)NS(=O)(=O)Cc1ccccc1CNc1ccc(S(=O)(=O)N2CCCC2)cn1. The minimum atomic E-state index is -3.49. The number of nitrogens with zero attached hydrogens (tertiary/aromatic N) is 2. The van der Waals surface area contributed by atoms with Gasteiger partial charge in [0.25, 0.3) is 0 Å². The Balaban J connectivity index is 1.68. The molecule has 0 atom stereocenters. The molecule has 0 amide bonds. The second-order valence-corrected chi connectivity index (χ2v) is 11.3. The molecule has 1 fully saturated rings. The molecule has 0 bridgehead atoms. The minimum absolute atomic E-state index is 0.108. The lowest BCUT2D eigenvalue weighted by molar-refractivity contribution is 0.477. The smallest absolute Gasteiger partial charge is 0.244 e. The third-order valence-electron chi connectivity index (χ3n) is 4.78. The number of hydrogen-bond acceptors (Lipinski definition) is 6. The molecule has 1 aliphatic rings. The molecule has 1 aromatic carbocycles. The highest BCUT2D eigenvalue weighted by Crippen LogP contribution is 2.21. The molecule has 1 aliphatic heterocycles. The van der Waals surface area contributed by atoms with Crippen molar-refractivity contribution in [2.24, 2.45) is 0 Å². The van der Waals surface area contributed by atoms with Crippen LogP contribution in [-0.2, 0) is 32.3 Å². The lowest BCUT2D eigenvalue weighted by Crippen LogP contribution is -2.31. The van der Waals surface area contributed by atoms with E-state index in [1.165, 1.54) is 10.5 Å². The van der Waals surface area contributed by atoms with E-state index < -0.39 is 20.0 Å². The summed E-state index contributed by atoms with van der Waals surface area (Å²) in [5.41, 5.74) is 1.54. The molecule has 2 aromatic rings. The van der Waals surface area contributed by atoms with Crippen LogP contribution in [-0.4, -0.2) is 45.3 Å². The van der Waals surface area contributed by atoms with Crippen molar-refractivity contribution in [2.45, 2.75) is 49.9 Å². The predicted molar refractivity (Wildman–Crippen MR) is 117 cm³/mol. The van der Waals surface area contributed by atoms with E-state index in [0.717, 1.165) is 18.4 Å². The molecule has 30 heavy (non-hydrogen) atoms. The maximum absolute atomic E-state index is 12.6. The third kappa shape index (κ3) is 5.78. The summed E-state index contributed by atoms with van der Waals surface area (Å²) in [6.07, 6.45) is 3.13. The molecule has 2 N–H and O–H groups in total. The molecule has 0 unspecified atom stereocenters. The lowest BCUT2D eigenvalue weighted by Gasteiger charge is -2.16. The molecule has 0 radical (unpaired) electrons. The second-order valence-electron chi connectivity index (χ2n) is 7.64. The van der Waals surface area contributed by atoms with Gasteiger partial charge >= 0.3 is 0 Å². The first-order valence-corrected chi connectivity index (χ1v) is 13.0. The molecule has 0 spiro atoms. The van der Waals surface area contributed by atoms with Gasteiger partial charge < -0.3 is 5.32 Å². The fourth-order valence-corrected chi connectivity index (χ4v) is 6.33. The van der Waals surface area contributed by atoms with Crippen LogP contribution in [0.2, 0.25) is 0 Å². The van der Waals surface area contributed by atoms with Gasteiger partial charge in [0.05, 0.1) is 5.75 Å². The van der Waals surface area contributed by atoms with Gasteiger partial charge in [0, 0.05) is 31.9 Å². The number of benzene rings is 1. The van der Waals surface area contributed by atoms with Gasteiger partial charge in [0.1, 0.15) is 10.7 Å². The molecule has 10 heteroatoms. The molecule has 8 nitrogen and oxygen atoms in total. The molecular weight excluding hydrogens is 424 g/mol. The predicted octanol–water partition coefficient (Wildman–Crippen LogP) is 2.31. The van der Waals surface area contributed by atoms with Crippen molar-refractivity contribution in [3.8, 4) is 0 Å². The van der Waals surface area contributed by atoms with Crippen molar-refractivity contribution in [3.63, 3.8) is 0 Å². The van der Waals surface area contributed by atoms with Crippen molar-refractivity contribution >= 4 is 25.9 Å². The number of sulfonamides is 2. The topological polar surface area (TPSA) is 108 Å². The van der Waals surface area contributed by atoms with Gasteiger partial charge in [-0.3, -0.25) is 0 Å². The first-order chi connectivity index (χ1) is 14.2. The Morgan fingerprint density at radius 1 is 1.00 bits per heavy atom. The van der Waals surface area contributed by atoms with E-state index in [9.17, 15) is 16.8 Å². The van der Waals surface area contributed by atoms with E-state index >= 15 is 0 Å². The summed E-state index contributed by atoms with van der Waals surface area (Å²) in [4.78, 5) is 4.41. The summed E-state index contributed by atoms with van der Waals surface area (Å²) in [6, 6.07) is 10.3. The molecule has 2 heterocycles. The van der Waals surface area contributed by atoms with Crippen molar-refractivity contribution in [3.05, 3.63) is 53.7 Å². The van der Waals surface area contributed by atoms with Crippen molar-refractivity contribution < 1.29 is 16.8 Å². The van der Waals surface area contributed by atoms with E-state index in [1.54, 1.807) is 38.1 Å². The molecule has 1 aromatic heterocycles. The molecule has 0 saturated carbocycles. The van der Waals surface area contributed by atoms with Crippen LogP contribution in [0, 0.1) is 0 Å². The van der Waals surface area contributed by atoms with E-state index in [0.29, 0.717) is 31.0 Å². The van der Waals surface area contributed by atoms with Gasteiger partial charge in [-0.25, -0.2) is 26.5 Å². The zero-order chi connectivity index (χ0) is 21.8. The average molecular weight is 453 g/mol. The summed E-state index contributed by atoms with van der Waals surface area (Å²) in [7, 11) is -6.92. The van der Waals surface area contributed by atoms with Gasteiger partial charge in [-0.05, 0) is 49.9 Å². The van der Waals surface area contributed by atoms with Gasteiger partial charge in [-0.1, -0.05) is 24.3 Å². The molecule has 1 saturated heterocycles. The first kappa shape index (κ1) is 22.7. The Morgan fingerprint density at radius 2 is 1.67 bits per heavy atom. The van der Waals surface area contributed by atoms with Crippen molar-refractivity contribution in [2.75, 3.05) is 18.4 Å². The lowest BCUT2D eigenvalue weighted by atomic mass is 10.1. The normalized spacial score (nSPS) is 15.6. The quantitative estimate of drug-likeness (QED) is 0.604. The Labute approximate surface area is 178 Å². The van der Waals surface area contributed by atoms with Gasteiger partial charge in [0.2, 0.25) is 20.0 Å². The number of anilines is 1. The van der Waals surface area contributed by atoms with Crippen LogP contribution < -0.4 is 10.0 Å². The van der Waals surface area contributed by atoms with Crippen LogP contribution in [0.5, 0.6) is 0 Å². The number of rotatable bonds is 9. The van der Waals surface area contributed by atoms with Crippen LogP contribution >= 0.6 is 0 Å². The van der Waals surface area contributed by atoms with Crippen molar-refractivity contribution in [1.29, 1.82) is 0 Å². The summed E-state index contributed by atoms with van der Waals surface area (Å²) in [5, 5.41) is 3.14. The Morgan fingerprint density at radius 3 is 2.27 bits per heavy atom. The third-order valence-corrected chi connectivity index (χ3v) is 8.18. The minimum Gasteiger partial charge on any atom is -0.366 e. The number of nitrogens with one attached hydrogen (secondary N) is 2. The second kappa shape index (κ2) is 9.42. The van der Waals surface area contributed by atoms with Gasteiger partial charge in [-0.2, -0.15) is 4.31 Å². The van der Waals surface area contributed by atoms with Crippen LogP contribution in [0.25, 0.3) is 0 Å². The van der Waals surface area contributed by atoms with Gasteiger partial charge in [0.15, 0.2) is 0 Å². The highest BCUT2D eigenvalue weighted by atomic mass is 32.2. The number of pyridine rings is 1. The highest BCUT2D eigenvalue weighted by molar-refractivity contribution is 7.89. The fraction of sp³-hybridized carbons (Fsp3) is 0.450. The highest BCUT2D eigenvalue weighted by Gasteiger charge is 2.27. The Kier molecular flexibility index (Phi) is 7.12. The van der Waals surface area contributed by atoms with Gasteiger partial charge in [-0.15, -0.1) is 0 Å². The maximum atomic E-state index is 12.6. The Hall–Kier alpha value is -2.01. The first-order valence-electron chi connectivity index (χ1n) is 9.94. The molecule has 164 valence electrons. The van der Waals surface area contributed by atoms with Crippen molar-refractivity contribution in [1.82, 2.24) is 14.0 Å². The Bertz CT molecular complexity index is 1060. The van der Waals surface area contributed by atoms with E-state index in [-0.39, 0.29) is 16.7 Å². The summed E-state index contributed by atoms with van der Waals surface area (Å²) in [5.74, 6) is 0.414.